The molecule has 0 fully saturated rings. The van der Waals surface area contributed by atoms with Gasteiger partial charge in [-0.1, -0.05) is 25.1 Å². The minimum Gasteiger partial charge on any atom is -0.337 e. The third-order valence-electron chi connectivity index (χ3n) is 3.79. The first-order valence-corrected chi connectivity index (χ1v) is 8.12. The molecule has 2 atom stereocenters. The summed E-state index contributed by atoms with van der Waals surface area (Å²) < 4.78 is 2.14. The van der Waals surface area contributed by atoms with Crippen molar-refractivity contribution >= 4 is 11.8 Å². The van der Waals surface area contributed by atoms with Crippen LogP contribution in [0.25, 0.3) is 0 Å². The van der Waals surface area contributed by atoms with Crippen molar-refractivity contribution in [3.63, 3.8) is 0 Å². The van der Waals surface area contributed by atoms with Gasteiger partial charge < -0.3 is 9.88 Å². The Balaban J connectivity index is 1.83. The summed E-state index contributed by atoms with van der Waals surface area (Å²) in [5.74, 6) is 1.14. The SMILES string of the molecule is CCCNC(c1nccn1C)C1Cc2ccccc2S1. The van der Waals surface area contributed by atoms with Crippen molar-refractivity contribution < 1.29 is 0 Å². The van der Waals surface area contributed by atoms with E-state index >= 15 is 0 Å². The number of hydrogen-bond acceptors (Lipinski definition) is 3. The number of thioether (sulfide) groups is 1. The Morgan fingerprint density at radius 1 is 1.45 bits per heavy atom. The Kier molecular flexibility index (Phi) is 4.13. The van der Waals surface area contributed by atoms with Crippen LogP contribution in [0.2, 0.25) is 0 Å². The molecule has 2 unspecified atom stereocenters. The fraction of sp³-hybridized carbons (Fsp3) is 0.438. The molecule has 4 heteroatoms. The van der Waals surface area contributed by atoms with Crippen LogP contribution in [0.5, 0.6) is 0 Å². The Morgan fingerprint density at radius 3 is 3.00 bits per heavy atom. The Labute approximate surface area is 124 Å². The third kappa shape index (κ3) is 2.63. The second kappa shape index (κ2) is 6.02. The molecular formula is C16H21N3S. The topological polar surface area (TPSA) is 29.9 Å². The van der Waals surface area contributed by atoms with Gasteiger partial charge in [0.15, 0.2) is 0 Å². The number of aromatic nitrogens is 2. The van der Waals surface area contributed by atoms with Gasteiger partial charge >= 0.3 is 0 Å². The van der Waals surface area contributed by atoms with Crippen LogP contribution in [-0.2, 0) is 13.5 Å². The average Bonchev–Trinajstić information content (AvgIpc) is 3.06. The minimum absolute atomic E-state index is 0.312. The van der Waals surface area contributed by atoms with Crippen molar-refractivity contribution in [2.24, 2.45) is 7.05 Å². The second-order valence-electron chi connectivity index (χ2n) is 5.30. The van der Waals surface area contributed by atoms with Crippen LogP contribution in [0.1, 0.15) is 30.8 Å². The molecule has 3 rings (SSSR count). The van der Waals surface area contributed by atoms with Crippen molar-refractivity contribution in [2.45, 2.75) is 36.0 Å². The number of nitrogens with zero attached hydrogens (tertiary/aromatic N) is 2. The predicted octanol–water partition coefficient (Wildman–Crippen LogP) is 3.18. The van der Waals surface area contributed by atoms with Crippen LogP contribution in [0.4, 0.5) is 0 Å². The summed E-state index contributed by atoms with van der Waals surface area (Å²) in [5, 5.41) is 4.21. The van der Waals surface area contributed by atoms with Gasteiger partial charge in [-0.25, -0.2) is 4.98 Å². The third-order valence-corrected chi connectivity index (χ3v) is 5.19. The highest BCUT2D eigenvalue weighted by molar-refractivity contribution is 8.00. The number of rotatable bonds is 5. The van der Waals surface area contributed by atoms with E-state index in [4.69, 9.17) is 0 Å². The molecule has 2 heterocycles. The Morgan fingerprint density at radius 2 is 2.30 bits per heavy atom. The van der Waals surface area contributed by atoms with Crippen LogP contribution in [0.3, 0.4) is 0 Å². The average molecular weight is 287 g/mol. The highest BCUT2D eigenvalue weighted by Gasteiger charge is 2.32. The van der Waals surface area contributed by atoms with Gasteiger partial charge in [-0.05, 0) is 31.0 Å². The Bertz CT molecular complexity index is 554. The number of imidazole rings is 1. The molecule has 0 spiro atoms. The lowest BCUT2D eigenvalue weighted by Crippen LogP contribution is -2.32. The van der Waals surface area contributed by atoms with E-state index < -0.39 is 0 Å². The number of nitrogens with one attached hydrogen (secondary N) is 1. The maximum Gasteiger partial charge on any atom is 0.126 e. The van der Waals surface area contributed by atoms with Crippen molar-refractivity contribution in [3.8, 4) is 0 Å². The molecule has 0 saturated carbocycles. The summed E-state index contributed by atoms with van der Waals surface area (Å²) in [5.41, 5.74) is 1.47. The fourth-order valence-electron chi connectivity index (χ4n) is 2.76. The van der Waals surface area contributed by atoms with Gasteiger partial charge in [0.2, 0.25) is 0 Å². The highest BCUT2D eigenvalue weighted by atomic mass is 32.2. The Hall–Kier alpha value is -1.26. The molecule has 0 aliphatic carbocycles. The predicted molar refractivity (Wildman–Crippen MR) is 84.0 cm³/mol. The molecule has 2 aromatic rings. The zero-order valence-electron chi connectivity index (χ0n) is 12.0. The van der Waals surface area contributed by atoms with Crippen LogP contribution in [0.15, 0.2) is 41.6 Å². The van der Waals surface area contributed by atoms with E-state index in [0.29, 0.717) is 11.3 Å². The van der Waals surface area contributed by atoms with E-state index in [0.717, 1.165) is 25.2 Å². The molecule has 1 aliphatic heterocycles. The van der Waals surface area contributed by atoms with Gasteiger partial charge in [-0.15, -0.1) is 11.8 Å². The van der Waals surface area contributed by atoms with Crippen LogP contribution in [0, 0.1) is 0 Å². The normalized spacial score (nSPS) is 19.0. The monoisotopic (exact) mass is 287 g/mol. The van der Waals surface area contributed by atoms with E-state index in [1.54, 1.807) is 0 Å². The summed E-state index contributed by atoms with van der Waals surface area (Å²) in [4.78, 5) is 5.99. The van der Waals surface area contributed by atoms with Crippen molar-refractivity contribution in [1.82, 2.24) is 14.9 Å². The molecule has 1 N–H and O–H groups in total. The number of aryl methyl sites for hydroxylation is 1. The summed E-state index contributed by atoms with van der Waals surface area (Å²) in [6.07, 6.45) is 6.19. The van der Waals surface area contributed by atoms with E-state index in [1.165, 1.54) is 10.5 Å². The minimum atomic E-state index is 0.312. The number of benzene rings is 1. The largest absolute Gasteiger partial charge is 0.337 e. The van der Waals surface area contributed by atoms with Gasteiger partial charge in [-0.2, -0.15) is 0 Å². The van der Waals surface area contributed by atoms with Crippen molar-refractivity contribution in [1.29, 1.82) is 0 Å². The van der Waals surface area contributed by atoms with Gasteiger partial charge in [0, 0.05) is 29.6 Å². The van der Waals surface area contributed by atoms with Gasteiger partial charge in [0.05, 0.1) is 6.04 Å². The standard InChI is InChI=1S/C16H21N3S/c1-3-8-17-15(16-18-9-10-19(16)2)14-11-12-6-4-5-7-13(12)20-14/h4-7,9-10,14-15,17H,3,8,11H2,1-2H3. The lowest BCUT2D eigenvalue weighted by molar-refractivity contribution is 0.479. The first-order valence-electron chi connectivity index (χ1n) is 7.24. The molecule has 20 heavy (non-hydrogen) atoms. The summed E-state index contributed by atoms with van der Waals surface area (Å²) in [7, 11) is 2.08. The highest BCUT2D eigenvalue weighted by Crippen LogP contribution is 2.42. The maximum absolute atomic E-state index is 4.56. The molecule has 0 radical (unpaired) electrons. The quantitative estimate of drug-likeness (QED) is 0.916. The molecule has 1 aromatic heterocycles. The van der Waals surface area contributed by atoms with E-state index in [2.05, 4.69) is 53.1 Å². The first-order chi connectivity index (χ1) is 9.79. The summed E-state index contributed by atoms with van der Waals surface area (Å²) in [6.45, 7) is 3.24. The molecule has 1 aliphatic rings. The number of hydrogen-bond donors (Lipinski definition) is 1. The smallest absolute Gasteiger partial charge is 0.126 e. The van der Waals surface area contributed by atoms with Crippen LogP contribution < -0.4 is 5.32 Å². The molecule has 0 saturated heterocycles. The molecule has 0 bridgehead atoms. The van der Waals surface area contributed by atoms with E-state index in [9.17, 15) is 0 Å². The van der Waals surface area contributed by atoms with Crippen LogP contribution >= 0.6 is 11.8 Å². The van der Waals surface area contributed by atoms with Crippen molar-refractivity contribution in [2.75, 3.05) is 6.54 Å². The lowest BCUT2D eigenvalue weighted by Gasteiger charge is -2.23. The molecule has 0 amide bonds. The zero-order valence-corrected chi connectivity index (χ0v) is 12.9. The van der Waals surface area contributed by atoms with Gasteiger partial charge in [0.25, 0.3) is 0 Å². The molecule has 3 nitrogen and oxygen atoms in total. The fourth-order valence-corrected chi connectivity index (χ4v) is 4.16. The first kappa shape index (κ1) is 13.7. The zero-order chi connectivity index (χ0) is 13.9. The van der Waals surface area contributed by atoms with Gasteiger partial charge in [-0.3, -0.25) is 0 Å². The molecular weight excluding hydrogens is 266 g/mol. The van der Waals surface area contributed by atoms with E-state index in [-0.39, 0.29) is 0 Å². The lowest BCUT2D eigenvalue weighted by atomic mass is 10.0. The summed E-state index contributed by atoms with van der Waals surface area (Å²) in [6, 6.07) is 9.06. The van der Waals surface area contributed by atoms with Gasteiger partial charge in [0.1, 0.15) is 5.82 Å². The van der Waals surface area contributed by atoms with Crippen molar-refractivity contribution in [3.05, 3.63) is 48.0 Å². The number of fused-ring (bicyclic) bond motifs is 1. The van der Waals surface area contributed by atoms with E-state index in [1.807, 2.05) is 24.2 Å². The maximum atomic E-state index is 4.56. The molecule has 1 aromatic carbocycles. The second-order valence-corrected chi connectivity index (χ2v) is 6.58. The van der Waals surface area contributed by atoms with Crippen LogP contribution in [-0.4, -0.2) is 21.3 Å². The summed E-state index contributed by atoms with van der Waals surface area (Å²) >= 11 is 1.99. The molecule has 106 valence electrons.